The van der Waals surface area contributed by atoms with Crippen LogP contribution in [0.4, 0.5) is 0 Å². The summed E-state index contributed by atoms with van der Waals surface area (Å²) in [5.41, 5.74) is 0.422. The Labute approximate surface area is 106 Å². The number of nitrogens with one attached hydrogen (secondary N) is 2. The Balaban J connectivity index is 2.06. The maximum absolute atomic E-state index is 11.6. The van der Waals surface area contributed by atoms with Gasteiger partial charge in [0.25, 0.3) is 0 Å². The molecule has 0 bridgehead atoms. The molecule has 17 heavy (non-hydrogen) atoms. The second-order valence-corrected chi connectivity index (χ2v) is 6.01. The molecule has 1 rings (SSSR count). The molecule has 0 saturated heterocycles. The van der Waals surface area contributed by atoms with Crippen LogP contribution in [-0.4, -0.2) is 25.0 Å². The van der Waals surface area contributed by atoms with Gasteiger partial charge in [0.1, 0.15) is 0 Å². The molecular formula is C14H28N2O. The van der Waals surface area contributed by atoms with Crippen molar-refractivity contribution in [1.29, 1.82) is 0 Å². The van der Waals surface area contributed by atoms with E-state index in [2.05, 4.69) is 38.3 Å². The summed E-state index contributed by atoms with van der Waals surface area (Å²) >= 11 is 0. The topological polar surface area (TPSA) is 41.1 Å². The zero-order valence-electron chi connectivity index (χ0n) is 11.8. The zero-order valence-corrected chi connectivity index (χ0v) is 11.8. The average molecular weight is 240 g/mol. The van der Waals surface area contributed by atoms with Crippen LogP contribution < -0.4 is 10.6 Å². The van der Waals surface area contributed by atoms with Gasteiger partial charge in [-0.2, -0.15) is 0 Å². The lowest BCUT2D eigenvalue weighted by molar-refractivity contribution is -0.121. The maximum atomic E-state index is 11.6. The Bertz CT molecular complexity index is 245. The van der Waals surface area contributed by atoms with Gasteiger partial charge in [-0.3, -0.25) is 4.79 Å². The van der Waals surface area contributed by atoms with Crippen LogP contribution in [0.25, 0.3) is 0 Å². The SMILES string of the molecule is CC(C)NCCCC(=O)NCC1(C(C)C)CC1. The Morgan fingerprint density at radius 3 is 2.35 bits per heavy atom. The van der Waals surface area contributed by atoms with E-state index >= 15 is 0 Å². The normalized spacial score (nSPS) is 17.5. The van der Waals surface area contributed by atoms with Crippen molar-refractivity contribution in [3.8, 4) is 0 Å². The van der Waals surface area contributed by atoms with Crippen LogP contribution in [0.5, 0.6) is 0 Å². The third-order valence-corrected chi connectivity index (χ3v) is 3.89. The molecule has 3 nitrogen and oxygen atoms in total. The van der Waals surface area contributed by atoms with E-state index < -0.39 is 0 Å². The summed E-state index contributed by atoms with van der Waals surface area (Å²) < 4.78 is 0. The largest absolute Gasteiger partial charge is 0.356 e. The molecule has 0 unspecified atom stereocenters. The highest BCUT2D eigenvalue weighted by Crippen LogP contribution is 2.51. The Morgan fingerprint density at radius 1 is 1.24 bits per heavy atom. The molecule has 0 aromatic carbocycles. The number of carbonyl (C=O) groups is 1. The van der Waals surface area contributed by atoms with E-state index in [-0.39, 0.29) is 5.91 Å². The standard InChI is InChI=1S/C14H28N2O/c1-11(2)14(7-8-14)10-16-13(17)6-5-9-15-12(3)4/h11-12,15H,5-10H2,1-4H3,(H,16,17). The Hall–Kier alpha value is -0.570. The first-order chi connectivity index (χ1) is 7.96. The Kier molecular flexibility index (Phi) is 5.44. The predicted octanol–water partition coefficient (Wildman–Crippen LogP) is 2.32. The third-order valence-electron chi connectivity index (χ3n) is 3.89. The highest BCUT2D eigenvalue weighted by atomic mass is 16.1. The molecule has 3 heteroatoms. The first-order valence-electron chi connectivity index (χ1n) is 6.96. The lowest BCUT2D eigenvalue weighted by Gasteiger charge is -2.20. The van der Waals surface area contributed by atoms with Gasteiger partial charge in [-0.1, -0.05) is 27.7 Å². The van der Waals surface area contributed by atoms with Crippen molar-refractivity contribution >= 4 is 5.91 Å². The zero-order chi connectivity index (χ0) is 12.9. The molecule has 0 heterocycles. The van der Waals surface area contributed by atoms with Gasteiger partial charge in [0, 0.05) is 19.0 Å². The summed E-state index contributed by atoms with van der Waals surface area (Å²) in [4.78, 5) is 11.6. The van der Waals surface area contributed by atoms with Crippen molar-refractivity contribution in [2.45, 2.75) is 59.4 Å². The van der Waals surface area contributed by atoms with Crippen molar-refractivity contribution in [3.63, 3.8) is 0 Å². The molecule has 1 aliphatic carbocycles. The number of amides is 1. The van der Waals surface area contributed by atoms with E-state index in [4.69, 9.17) is 0 Å². The number of rotatable bonds is 8. The van der Waals surface area contributed by atoms with Gasteiger partial charge in [-0.05, 0) is 37.1 Å². The molecule has 1 amide bonds. The van der Waals surface area contributed by atoms with Crippen LogP contribution in [0.1, 0.15) is 53.4 Å². The second-order valence-electron chi connectivity index (χ2n) is 6.01. The molecular weight excluding hydrogens is 212 g/mol. The molecule has 0 aromatic heterocycles. The molecule has 2 N–H and O–H groups in total. The minimum Gasteiger partial charge on any atom is -0.356 e. The minimum absolute atomic E-state index is 0.211. The van der Waals surface area contributed by atoms with E-state index in [1.54, 1.807) is 0 Å². The summed E-state index contributed by atoms with van der Waals surface area (Å²) in [6, 6.07) is 0.508. The summed E-state index contributed by atoms with van der Waals surface area (Å²) in [5, 5.41) is 6.41. The second kappa shape index (κ2) is 6.39. The van der Waals surface area contributed by atoms with Crippen molar-refractivity contribution in [2.75, 3.05) is 13.1 Å². The van der Waals surface area contributed by atoms with E-state index in [0.29, 0.717) is 23.8 Å². The fourth-order valence-corrected chi connectivity index (χ4v) is 2.12. The van der Waals surface area contributed by atoms with Crippen LogP contribution in [-0.2, 0) is 4.79 Å². The van der Waals surface area contributed by atoms with Crippen LogP contribution in [0.15, 0.2) is 0 Å². The highest BCUT2D eigenvalue weighted by Gasteiger charge is 2.45. The monoisotopic (exact) mass is 240 g/mol. The van der Waals surface area contributed by atoms with E-state index in [1.807, 2.05) is 0 Å². The van der Waals surface area contributed by atoms with E-state index in [1.165, 1.54) is 12.8 Å². The lowest BCUT2D eigenvalue weighted by atomic mass is 9.92. The molecule has 0 spiro atoms. The smallest absolute Gasteiger partial charge is 0.220 e. The quantitative estimate of drug-likeness (QED) is 0.639. The molecule has 1 aliphatic rings. The van der Waals surface area contributed by atoms with Gasteiger partial charge in [0.05, 0.1) is 0 Å². The fraction of sp³-hybridized carbons (Fsp3) is 0.929. The van der Waals surface area contributed by atoms with Crippen LogP contribution in [0.3, 0.4) is 0 Å². The number of carbonyl (C=O) groups excluding carboxylic acids is 1. The summed E-state index contributed by atoms with van der Waals surface area (Å²) in [6.07, 6.45) is 4.13. The summed E-state index contributed by atoms with van der Waals surface area (Å²) in [5.74, 6) is 0.896. The van der Waals surface area contributed by atoms with Crippen molar-refractivity contribution in [3.05, 3.63) is 0 Å². The summed E-state index contributed by atoms with van der Waals surface area (Å²) in [7, 11) is 0. The molecule has 1 saturated carbocycles. The van der Waals surface area contributed by atoms with Gasteiger partial charge in [-0.15, -0.1) is 0 Å². The van der Waals surface area contributed by atoms with Crippen LogP contribution >= 0.6 is 0 Å². The van der Waals surface area contributed by atoms with Gasteiger partial charge in [-0.25, -0.2) is 0 Å². The molecule has 0 aliphatic heterocycles. The Morgan fingerprint density at radius 2 is 1.88 bits per heavy atom. The minimum atomic E-state index is 0.211. The third kappa shape index (κ3) is 5.07. The molecule has 0 atom stereocenters. The van der Waals surface area contributed by atoms with Gasteiger partial charge in [0.2, 0.25) is 5.91 Å². The van der Waals surface area contributed by atoms with Crippen LogP contribution in [0, 0.1) is 11.3 Å². The maximum Gasteiger partial charge on any atom is 0.220 e. The molecule has 0 radical (unpaired) electrons. The van der Waals surface area contributed by atoms with Gasteiger partial charge >= 0.3 is 0 Å². The van der Waals surface area contributed by atoms with Gasteiger partial charge < -0.3 is 10.6 Å². The van der Waals surface area contributed by atoms with Gasteiger partial charge in [0.15, 0.2) is 0 Å². The van der Waals surface area contributed by atoms with E-state index in [9.17, 15) is 4.79 Å². The fourth-order valence-electron chi connectivity index (χ4n) is 2.12. The van der Waals surface area contributed by atoms with E-state index in [0.717, 1.165) is 19.5 Å². The lowest BCUT2D eigenvalue weighted by Crippen LogP contribution is -2.33. The first-order valence-corrected chi connectivity index (χ1v) is 6.96. The predicted molar refractivity (Wildman–Crippen MR) is 71.9 cm³/mol. The molecule has 1 fully saturated rings. The van der Waals surface area contributed by atoms with Crippen LogP contribution in [0.2, 0.25) is 0 Å². The summed E-state index contributed by atoms with van der Waals surface area (Å²) in [6.45, 7) is 10.6. The molecule has 100 valence electrons. The van der Waals surface area contributed by atoms with Crippen molar-refractivity contribution < 1.29 is 4.79 Å². The highest BCUT2D eigenvalue weighted by molar-refractivity contribution is 5.75. The van der Waals surface area contributed by atoms with Crippen molar-refractivity contribution in [2.24, 2.45) is 11.3 Å². The number of hydrogen-bond donors (Lipinski definition) is 2. The number of hydrogen-bond acceptors (Lipinski definition) is 2. The van der Waals surface area contributed by atoms with Crippen molar-refractivity contribution in [1.82, 2.24) is 10.6 Å². The average Bonchev–Trinajstić information content (AvgIpc) is 3.02. The first kappa shape index (κ1) is 14.5. The molecule has 0 aromatic rings.